The van der Waals surface area contributed by atoms with Gasteiger partial charge in [0.2, 0.25) is 0 Å². The van der Waals surface area contributed by atoms with Crippen molar-refractivity contribution in [3.8, 4) is 0 Å². The number of aliphatic hydroxyl groups excluding tert-OH is 2. The number of alkyl halides is 13. The van der Waals surface area contributed by atoms with Gasteiger partial charge in [-0.2, -0.15) is 57.1 Å². The molecule has 0 saturated heterocycles. The molecule has 0 unspecified atom stereocenters. The van der Waals surface area contributed by atoms with E-state index in [0.717, 1.165) is 0 Å². The number of rotatable bonds is 16. The SMILES string of the molecule is N[C@@H](CO)[C@H](O)CCCCCCCCCC(F)(F)C(F)(F)C(F)(F)C(F)(F)C(F)(F)C(F)(F)F. The number of unbranched alkanes of at least 4 members (excludes halogenated alkanes) is 6. The first-order chi connectivity index (χ1) is 15.1. The normalized spacial score (nSPS) is 16.6. The standard InChI is InChI=1S/C18H26F13NO2/c19-13(20,9-7-5-3-1-2-4-6-8-12(34)11(32)10-33)14(21,22)15(23,24)16(25,26)17(27,28)18(29,30)31/h11-12,33-34H,1-10,32H2/t11-,12+/m0/s1. The summed E-state index contributed by atoms with van der Waals surface area (Å²) in [5.74, 6) is -36.5. The van der Waals surface area contributed by atoms with Gasteiger partial charge in [0, 0.05) is 6.42 Å². The first-order valence-electron chi connectivity index (χ1n) is 10.1. The number of hydrogen-bond donors (Lipinski definition) is 3. The van der Waals surface area contributed by atoms with E-state index in [1.807, 2.05) is 0 Å². The minimum Gasteiger partial charge on any atom is -0.395 e. The maximum atomic E-state index is 13.6. The molecule has 0 amide bonds. The van der Waals surface area contributed by atoms with Gasteiger partial charge in [-0.3, -0.25) is 0 Å². The van der Waals surface area contributed by atoms with Crippen molar-refractivity contribution in [1.82, 2.24) is 0 Å². The number of halogens is 13. The van der Waals surface area contributed by atoms with Gasteiger partial charge in [-0.1, -0.05) is 38.5 Å². The van der Waals surface area contributed by atoms with E-state index < -0.39 is 67.4 Å². The fourth-order valence-corrected chi connectivity index (χ4v) is 2.88. The summed E-state index contributed by atoms with van der Waals surface area (Å²) in [7, 11) is 0. The Morgan fingerprint density at radius 1 is 0.559 bits per heavy atom. The Labute approximate surface area is 186 Å². The molecule has 0 aliphatic heterocycles. The summed E-state index contributed by atoms with van der Waals surface area (Å²) >= 11 is 0. The Hall–Kier alpha value is -1.03. The molecule has 0 rings (SSSR count). The van der Waals surface area contributed by atoms with Crippen LogP contribution in [0.4, 0.5) is 57.1 Å². The maximum Gasteiger partial charge on any atom is 0.460 e. The van der Waals surface area contributed by atoms with E-state index in [1.165, 1.54) is 0 Å². The molecule has 0 aliphatic carbocycles. The van der Waals surface area contributed by atoms with E-state index in [9.17, 15) is 62.2 Å². The zero-order valence-electron chi connectivity index (χ0n) is 17.6. The van der Waals surface area contributed by atoms with Crippen LogP contribution in [-0.4, -0.2) is 64.8 Å². The van der Waals surface area contributed by atoms with E-state index in [-0.39, 0.29) is 19.3 Å². The van der Waals surface area contributed by atoms with Crippen molar-refractivity contribution in [2.75, 3.05) is 6.61 Å². The summed E-state index contributed by atoms with van der Waals surface area (Å²) in [4.78, 5) is 0. The predicted molar refractivity (Wildman–Crippen MR) is 93.4 cm³/mol. The third-order valence-electron chi connectivity index (χ3n) is 5.19. The summed E-state index contributed by atoms with van der Waals surface area (Å²) in [6, 6.07) is -0.827. The average molecular weight is 535 g/mol. The second-order valence-corrected chi connectivity index (χ2v) is 7.93. The van der Waals surface area contributed by atoms with Crippen molar-refractivity contribution in [2.45, 2.75) is 106 Å². The third-order valence-corrected chi connectivity index (χ3v) is 5.19. The topological polar surface area (TPSA) is 66.5 Å². The van der Waals surface area contributed by atoms with Crippen molar-refractivity contribution in [1.29, 1.82) is 0 Å². The summed E-state index contributed by atoms with van der Waals surface area (Å²) in [5.41, 5.74) is 5.38. The zero-order chi connectivity index (χ0) is 27.2. The van der Waals surface area contributed by atoms with Crippen LogP contribution < -0.4 is 5.73 Å². The fourth-order valence-electron chi connectivity index (χ4n) is 2.88. The highest BCUT2D eigenvalue weighted by atomic mass is 19.4. The highest BCUT2D eigenvalue weighted by Gasteiger charge is 2.90. The summed E-state index contributed by atoms with van der Waals surface area (Å²) < 4.78 is 169. The molecule has 0 aromatic rings. The molecular formula is C18H26F13NO2. The lowest BCUT2D eigenvalue weighted by atomic mass is 9.91. The molecule has 34 heavy (non-hydrogen) atoms. The van der Waals surface area contributed by atoms with Crippen molar-refractivity contribution in [2.24, 2.45) is 5.73 Å². The predicted octanol–water partition coefficient (Wildman–Crippen LogP) is 5.92. The molecule has 2 atom stereocenters. The molecule has 4 N–H and O–H groups in total. The van der Waals surface area contributed by atoms with Crippen LogP contribution in [0.25, 0.3) is 0 Å². The molecular weight excluding hydrogens is 509 g/mol. The highest BCUT2D eigenvalue weighted by molar-refractivity contribution is 5.10. The Kier molecular flexibility index (Phi) is 11.4. The van der Waals surface area contributed by atoms with Gasteiger partial charge in [-0.15, -0.1) is 0 Å². The van der Waals surface area contributed by atoms with Crippen LogP contribution in [0.1, 0.15) is 57.8 Å². The number of hydrogen-bond acceptors (Lipinski definition) is 3. The monoisotopic (exact) mass is 535 g/mol. The van der Waals surface area contributed by atoms with Crippen LogP contribution in [-0.2, 0) is 0 Å². The molecule has 0 saturated carbocycles. The Morgan fingerprint density at radius 3 is 1.35 bits per heavy atom. The van der Waals surface area contributed by atoms with Crippen molar-refractivity contribution in [3.05, 3.63) is 0 Å². The van der Waals surface area contributed by atoms with Crippen LogP contribution >= 0.6 is 0 Å². The molecule has 206 valence electrons. The van der Waals surface area contributed by atoms with Gasteiger partial charge in [-0.05, 0) is 12.8 Å². The molecule has 0 heterocycles. The van der Waals surface area contributed by atoms with Crippen molar-refractivity contribution in [3.63, 3.8) is 0 Å². The highest BCUT2D eigenvalue weighted by Crippen LogP contribution is 2.60. The fraction of sp³-hybridized carbons (Fsp3) is 1.00. The second kappa shape index (κ2) is 11.8. The lowest BCUT2D eigenvalue weighted by Crippen LogP contribution is -2.70. The van der Waals surface area contributed by atoms with E-state index in [1.54, 1.807) is 0 Å². The van der Waals surface area contributed by atoms with Crippen LogP contribution in [0.2, 0.25) is 0 Å². The van der Waals surface area contributed by atoms with Gasteiger partial charge in [0.05, 0.1) is 18.8 Å². The molecule has 0 bridgehead atoms. The molecule has 0 radical (unpaired) electrons. The van der Waals surface area contributed by atoms with Crippen LogP contribution in [0, 0.1) is 0 Å². The smallest absolute Gasteiger partial charge is 0.395 e. The molecule has 16 heteroatoms. The first-order valence-corrected chi connectivity index (χ1v) is 10.1. The van der Waals surface area contributed by atoms with Gasteiger partial charge >= 0.3 is 35.8 Å². The molecule has 0 spiro atoms. The van der Waals surface area contributed by atoms with Crippen molar-refractivity contribution >= 4 is 0 Å². The summed E-state index contributed by atoms with van der Waals surface area (Å²) in [5, 5.41) is 18.3. The Balaban J connectivity index is 4.79. The molecule has 0 aromatic heterocycles. The van der Waals surface area contributed by atoms with Crippen molar-refractivity contribution < 1.29 is 67.3 Å². The van der Waals surface area contributed by atoms with E-state index in [2.05, 4.69) is 0 Å². The largest absolute Gasteiger partial charge is 0.460 e. The first kappa shape index (κ1) is 33.0. The molecule has 0 fully saturated rings. The summed E-state index contributed by atoms with van der Waals surface area (Å²) in [6.07, 6.45) is -9.52. The lowest BCUT2D eigenvalue weighted by Gasteiger charge is -2.39. The second-order valence-electron chi connectivity index (χ2n) is 7.93. The van der Waals surface area contributed by atoms with Crippen LogP contribution in [0.5, 0.6) is 0 Å². The quantitative estimate of drug-likeness (QED) is 0.170. The lowest BCUT2D eigenvalue weighted by molar-refractivity contribution is -0.440. The molecule has 3 nitrogen and oxygen atoms in total. The molecule has 0 aliphatic rings. The van der Waals surface area contributed by atoms with Gasteiger partial charge in [0.25, 0.3) is 0 Å². The Bertz CT molecular complexity index is 611. The molecule has 0 aromatic carbocycles. The minimum absolute atomic E-state index is 0.110. The van der Waals surface area contributed by atoms with E-state index >= 15 is 0 Å². The van der Waals surface area contributed by atoms with Gasteiger partial charge in [0.15, 0.2) is 0 Å². The van der Waals surface area contributed by atoms with E-state index in [4.69, 9.17) is 10.8 Å². The maximum absolute atomic E-state index is 13.6. The average Bonchev–Trinajstić information content (AvgIpc) is 2.70. The van der Waals surface area contributed by atoms with Gasteiger partial charge < -0.3 is 15.9 Å². The number of nitrogens with two attached hydrogens (primary N) is 1. The summed E-state index contributed by atoms with van der Waals surface area (Å²) in [6.45, 7) is -0.431. The van der Waals surface area contributed by atoms with Crippen LogP contribution in [0.3, 0.4) is 0 Å². The number of aliphatic hydroxyl groups is 2. The van der Waals surface area contributed by atoms with Crippen LogP contribution in [0.15, 0.2) is 0 Å². The van der Waals surface area contributed by atoms with Gasteiger partial charge in [0.1, 0.15) is 0 Å². The zero-order valence-corrected chi connectivity index (χ0v) is 17.6. The van der Waals surface area contributed by atoms with E-state index in [0.29, 0.717) is 25.7 Å². The Morgan fingerprint density at radius 2 is 0.941 bits per heavy atom. The third kappa shape index (κ3) is 7.02. The van der Waals surface area contributed by atoms with Gasteiger partial charge in [-0.25, -0.2) is 0 Å². The minimum atomic E-state index is -7.86.